The fourth-order valence-corrected chi connectivity index (χ4v) is 5.68. The second-order valence-electron chi connectivity index (χ2n) is 9.16. The molecule has 0 aliphatic heterocycles. The number of fused-ring (bicyclic) bond motifs is 1. The Hall–Kier alpha value is -3.59. The van der Waals surface area contributed by atoms with Crippen LogP contribution in [0.25, 0.3) is 21.9 Å². The number of hydrogen-bond donors (Lipinski definition) is 1. The Morgan fingerprint density at radius 2 is 1.63 bits per heavy atom. The van der Waals surface area contributed by atoms with Crippen molar-refractivity contribution < 1.29 is 13.5 Å². The van der Waals surface area contributed by atoms with E-state index in [2.05, 4.69) is 20.9 Å². The summed E-state index contributed by atoms with van der Waals surface area (Å²) in [7, 11) is -3.35. The molecular formula is C30H25BrN2O4S. The molecule has 0 radical (unpaired) electrons. The van der Waals surface area contributed by atoms with Crippen LogP contribution < -0.4 is 5.56 Å². The summed E-state index contributed by atoms with van der Waals surface area (Å²) in [6.45, 7) is 0.156. The van der Waals surface area contributed by atoms with E-state index in [-0.39, 0.29) is 23.4 Å². The lowest BCUT2D eigenvalue weighted by atomic mass is 9.93. The predicted octanol–water partition coefficient (Wildman–Crippen LogP) is 5.55. The molecule has 3 aromatic carbocycles. The third kappa shape index (κ3) is 5.34. The van der Waals surface area contributed by atoms with Crippen LogP contribution in [-0.2, 0) is 22.8 Å². The largest absolute Gasteiger partial charge is 0.386 e. The summed E-state index contributed by atoms with van der Waals surface area (Å²) in [6, 6.07) is 27.2. The lowest BCUT2D eigenvalue weighted by Gasteiger charge is -2.24. The SMILES string of the molecule is CS(=O)(=O)c1ccc(Cn2c(C(O)Cc3ccccn3)c(-c3ccccc3)c3cc(Br)ccc3c2=O)cc1. The Morgan fingerprint density at radius 3 is 2.29 bits per heavy atom. The van der Waals surface area contributed by atoms with Crippen LogP contribution in [0.4, 0.5) is 0 Å². The van der Waals surface area contributed by atoms with Gasteiger partial charge in [0.1, 0.15) is 6.10 Å². The molecule has 5 rings (SSSR count). The van der Waals surface area contributed by atoms with E-state index < -0.39 is 15.9 Å². The molecule has 5 aromatic rings. The molecule has 0 aliphatic rings. The monoisotopic (exact) mass is 588 g/mol. The highest BCUT2D eigenvalue weighted by Gasteiger charge is 2.24. The molecule has 0 amide bonds. The minimum absolute atomic E-state index is 0.156. The van der Waals surface area contributed by atoms with Crippen molar-refractivity contribution in [1.82, 2.24) is 9.55 Å². The first-order valence-electron chi connectivity index (χ1n) is 12.0. The maximum absolute atomic E-state index is 14.0. The van der Waals surface area contributed by atoms with Gasteiger partial charge in [0.05, 0.1) is 17.1 Å². The molecule has 0 spiro atoms. The van der Waals surface area contributed by atoms with Crippen molar-refractivity contribution in [2.75, 3.05) is 6.26 Å². The molecular weight excluding hydrogens is 564 g/mol. The molecule has 0 saturated heterocycles. The van der Waals surface area contributed by atoms with E-state index in [1.807, 2.05) is 60.7 Å². The molecule has 192 valence electrons. The molecule has 1 unspecified atom stereocenters. The van der Waals surface area contributed by atoms with Crippen LogP contribution in [0.1, 0.15) is 23.1 Å². The summed E-state index contributed by atoms with van der Waals surface area (Å²) >= 11 is 3.54. The molecule has 6 nitrogen and oxygen atoms in total. The average Bonchev–Trinajstić information content (AvgIpc) is 2.90. The van der Waals surface area contributed by atoms with E-state index >= 15 is 0 Å². The Kier molecular flexibility index (Phi) is 7.29. The minimum atomic E-state index is -3.35. The van der Waals surface area contributed by atoms with Crippen LogP contribution >= 0.6 is 15.9 Å². The van der Waals surface area contributed by atoms with Gasteiger partial charge in [0, 0.05) is 40.0 Å². The maximum Gasteiger partial charge on any atom is 0.259 e. The first-order valence-corrected chi connectivity index (χ1v) is 14.7. The molecule has 0 aliphatic carbocycles. The maximum atomic E-state index is 14.0. The van der Waals surface area contributed by atoms with Gasteiger partial charge in [0.2, 0.25) is 0 Å². The standard InChI is InChI=1S/C30H25BrN2O4S/c1-38(36,37)24-13-10-20(11-14-24)19-33-29(27(34)18-23-9-5-6-16-32-23)28(21-7-3-2-4-8-21)26-17-22(31)12-15-25(26)30(33)35/h2-17,27,34H,18-19H2,1H3. The number of aliphatic hydroxyl groups excluding tert-OH is 1. The zero-order chi connectivity index (χ0) is 26.9. The van der Waals surface area contributed by atoms with Crippen LogP contribution in [-0.4, -0.2) is 29.3 Å². The topological polar surface area (TPSA) is 89.3 Å². The highest BCUT2D eigenvalue weighted by atomic mass is 79.9. The summed E-state index contributed by atoms with van der Waals surface area (Å²) < 4.78 is 26.3. The second-order valence-corrected chi connectivity index (χ2v) is 12.1. The molecule has 0 saturated carbocycles. The third-order valence-electron chi connectivity index (χ3n) is 6.47. The molecule has 38 heavy (non-hydrogen) atoms. The van der Waals surface area contributed by atoms with Gasteiger partial charge in [0.25, 0.3) is 5.56 Å². The zero-order valence-electron chi connectivity index (χ0n) is 20.6. The van der Waals surface area contributed by atoms with Gasteiger partial charge in [-0.2, -0.15) is 0 Å². The second kappa shape index (κ2) is 10.6. The smallest absolute Gasteiger partial charge is 0.259 e. The first-order chi connectivity index (χ1) is 18.2. The Bertz CT molecular complexity index is 1770. The van der Waals surface area contributed by atoms with Crippen LogP contribution in [0.15, 0.2) is 111 Å². The van der Waals surface area contributed by atoms with Gasteiger partial charge in [-0.1, -0.05) is 64.5 Å². The fourth-order valence-electron chi connectivity index (χ4n) is 4.69. The van der Waals surface area contributed by atoms with E-state index in [1.54, 1.807) is 29.0 Å². The number of benzene rings is 3. The number of rotatable bonds is 7. The molecule has 0 fully saturated rings. The van der Waals surface area contributed by atoms with Crippen molar-refractivity contribution in [1.29, 1.82) is 0 Å². The Labute approximate surface area is 229 Å². The molecule has 2 aromatic heterocycles. The fraction of sp³-hybridized carbons (Fsp3) is 0.133. The highest BCUT2D eigenvalue weighted by molar-refractivity contribution is 9.10. The molecule has 8 heteroatoms. The molecule has 0 bridgehead atoms. The van der Waals surface area contributed by atoms with E-state index in [0.717, 1.165) is 32.8 Å². The van der Waals surface area contributed by atoms with Gasteiger partial charge in [-0.25, -0.2) is 8.42 Å². The normalized spacial score (nSPS) is 12.5. The van der Waals surface area contributed by atoms with Gasteiger partial charge in [-0.05, 0) is 59.0 Å². The summed E-state index contributed by atoms with van der Waals surface area (Å²) in [5.74, 6) is 0. The quantitative estimate of drug-likeness (QED) is 0.269. The summed E-state index contributed by atoms with van der Waals surface area (Å²) in [4.78, 5) is 18.5. The molecule has 2 heterocycles. The number of halogens is 1. The van der Waals surface area contributed by atoms with Crippen LogP contribution in [0, 0.1) is 0 Å². The minimum Gasteiger partial charge on any atom is -0.386 e. The zero-order valence-corrected chi connectivity index (χ0v) is 23.0. The number of sulfone groups is 1. The third-order valence-corrected chi connectivity index (χ3v) is 8.09. The average molecular weight is 590 g/mol. The van der Waals surface area contributed by atoms with E-state index in [0.29, 0.717) is 16.8 Å². The van der Waals surface area contributed by atoms with Gasteiger partial charge in [-0.15, -0.1) is 0 Å². The van der Waals surface area contributed by atoms with Gasteiger partial charge >= 0.3 is 0 Å². The van der Waals surface area contributed by atoms with Crippen molar-refractivity contribution in [2.45, 2.75) is 24.0 Å². The van der Waals surface area contributed by atoms with Crippen LogP contribution in [0.2, 0.25) is 0 Å². The van der Waals surface area contributed by atoms with Gasteiger partial charge in [-0.3, -0.25) is 9.78 Å². The van der Waals surface area contributed by atoms with Crippen molar-refractivity contribution in [2.24, 2.45) is 0 Å². The number of aliphatic hydroxyl groups is 1. The van der Waals surface area contributed by atoms with Crippen LogP contribution in [0.3, 0.4) is 0 Å². The Balaban J connectivity index is 1.77. The number of aromatic nitrogens is 2. The predicted molar refractivity (Wildman–Crippen MR) is 153 cm³/mol. The van der Waals surface area contributed by atoms with Crippen molar-refractivity contribution in [3.63, 3.8) is 0 Å². The van der Waals surface area contributed by atoms with Gasteiger partial charge < -0.3 is 9.67 Å². The summed E-state index contributed by atoms with van der Waals surface area (Å²) in [6.07, 6.45) is 2.01. The number of hydrogen-bond acceptors (Lipinski definition) is 5. The van der Waals surface area contributed by atoms with E-state index in [9.17, 15) is 18.3 Å². The van der Waals surface area contributed by atoms with Gasteiger partial charge in [0.15, 0.2) is 9.84 Å². The van der Waals surface area contributed by atoms with Crippen LogP contribution in [0.5, 0.6) is 0 Å². The molecule has 1 N–H and O–H groups in total. The first kappa shape index (κ1) is 26.0. The number of nitrogens with zero attached hydrogens (tertiary/aromatic N) is 2. The van der Waals surface area contributed by atoms with Crippen molar-refractivity contribution in [3.8, 4) is 11.1 Å². The van der Waals surface area contributed by atoms with E-state index in [1.165, 1.54) is 12.1 Å². The summed E-state index contributed by atoms with van der Waals surface area (Å²) in [5.41, 5.74) is 3.30. The van der Waals surface area contributed by atoms with Crippen molar-refractivity contribution in [3.05, 3.63) is 129 Å². The molecule has 1 atom stereocenters. The lowest BCUT2D eigenvalue weighted by molar-refractivity contribution is 0.167. The Morgan fingerprint density at radius 1 is 0.921 bits per heavy atom. The number of pyridine rings is 2. The van der Waals surface area contributed by atoms with E-state index in [4.69, 9.17) is 0 Å². The summed E-state index contributed by atoms with van der Waals surface area (Å²) in [5, 5.41) is 12.9. The highest BCUT2D eigenvalue weighted by Crippen LogP contribution is 2.36. The van der Waals surface area contributed by atoms with Crippen molar-refractivity contribution >= 4 is 36.5 Å². The lowest BCUT2D eigenvalue weighted by Crippen LogP contribution is -2.28.